The first-order chi connectivity index (χ1) is 12.5. The molecule has 3 aromatic rings. The summed E-state index contributed by atoms with van der Waals surface area (Å²) in [5, 5.41) is 2.64. The molecule has 0 spiro atoms. The molecule has 0 aliphatic heterocycles. The molecular formula is C21H17ClO4. The number of hydrogen-bond acceptors (Lipinski definition) is 4. The van der Waals surface area contributed by atoms with E-state index in [4.69, 9.17) is 21.1 Å². The largest absolute Gasteiger partial charge is 0.479 e. The normalized spacial score (nSPS) is 11.8. The van der Waals surface area contributed by atoms with Crippen molar-refractivity contribution >= 4 is 34.1 Å². The van der Waals surface area contributed by atoms with Crippen LogP contribution in [0.5, 0.6) is 5.75 Å². The predicted molar refractivity (Wildman–Crippen MR) is 101 cm³/mol. The van der Waals surface area contributed by atoms with E-state index in [0.29, 0.717) is 16.3 Å². The van der Waals surface area contributed by atoms with E-state index in [0.717, 1.165) is 10.8 Å². The van der Waals surface area contributed by atoms with Gasteiger partial charge in [0.25, 0.3) is 0 Å². The minimum atomic E-state index is -0.825. The lowest BCUT2D eigenvalue weighted by atomic mass is 10.1. The van der Waals surface area contributed by atoms with Crippen LogP contribution in [0, 0.1) is 0 Å². The highest BCUT2D eigenvalue weighted by molar-refractivity contribution is 6.30. The number of rotatable bonds is 6. The van der Waals surface area contributed by atoms with Gasteiger partial charge in [-0.15, -0.1) is 0 Å². The van der Waals surface area contributed by atoms with Crippen molar-refractivity contribution in [2.24, 2.45) is 0 Å². The van der Waals surface area contributed by atoms with E-state index in [-0.39, 0.29) is 12.4 Å². The van der Waals surface area contributed by atoms with E-state index in [1.54, 1.807) is 37.3 Å². The van der Waals surface area contributed by atoms with Crippen LogP contribution in [0.25, 0.3) is 10.8 Å². The van der Waals surface area contributed by atoms with Gasteiger partial charge in [-0.25, -0.2) is 4.79 Å². The van der Waals surface area contributed by atoms with Gasteiger partial charge in [-0.3, -0.25) is 4.79 Å². The van der Waals surface area contributed by atoms with Gasteiger partial charge in [-0.1, -0.05) is 41.9 Å². The van der Waals surface area contributed by atoms with Crippen LogP contribution >= 0.6 is 11.6 Å². The SMILES string of the molecule is CC(Oc1ccc2ccccc2c1)C(=O)OCC(=O)c1ccc(Cl)cc1. The molecule has 5 heteroatoms. The topological polar surface area (TPSA) is 52.6 Å². The first-order valence-electron chi connectivity index (χ1n) is 8.14. The van der Waals surface area contributed by atoms with Crippen molar-refractivity contribution in [3.05, 3.63) is 77.3 Å². The van der Waals surface area contributed by atoms with E-state index in [9.17, 15) is 9.59 Å². The molecular weight excluding hydrogens is 352 g/mol. The van der Waals surface area contributed by atoms with Crippen molar-refractivity contribution < 1.29 is 19.1 Å². The Kier molecular flexibility index (Phi) is 5.54. The van der Waals surface area contributed by atoms with Crippen LogP contribution in [0.2, 0.25) is 5.02 Å². The lowest BCUT2D eigenvalue weighted by Crippen LogP contribution is -2.28. The Morgan fingerprint density at radius 3 is 2.38 bits per heavy atom. The molecule has 0 aromatic heterocycles. The summed E-state index contributed by atoms with van der Waals surface area (Å²) in [5.74, 6) is -0.328. The quantitative estimate of drug-likeness (QED) is 0.468. The van der Waals surface area contributed by atoms with Crippen LogP contribution in [0.15, 0.2) is 66.7 Å². The Bertz CT molecular complexity index is 934. The van der Waals surface area contributed by atoms with Crippen molar-refractivity contribution in [3.63, 3.8) is 0 Å². The molecule has 4 nitrogen and oxygen atoms in total. The minimum Gasteiger partial charge on any atom is -0.479 e. The van der Waals surface area contributed by atoms with Gasteiger partial charge in [-0.2, -0.15) is 0 Å². The first kappa shape index (κ1) is 18.0. The van der Waals surface area contributed by atoms with Crippen molar-refractivity contribution in [1.29, 1.82) is 0 Å². The molecule has 0 aliphatic rings. The molecule has 3 aromatic carbocycles. The molecule has 26 heavy (non-hydrogen) atoms. The fourth-order valence-corrected chi connectivity index (χ4v) is 2.59. The fraction of sp³-hybridized carbons (Fsp3) is 0.143. The molecule has 0 aliphatic carbocycles. The van der Waals surface area contributed by atoms with Gasteiger partial charge >= 0.3 is 5.97 Å². The van der Waals surface area contributed by atoms with E-state index >= 15 is 0 Å². The summed E-state index contributed by atoms with van der Waals surface area (Å²) in [5.41, 5.74) is 0.435. The second kappa shape index (κ2) is 8.02. The van der Waals surface area contributed by atoms with E-state index in [1.807, 2.05) is 36.4 Å². The lowest BCUT2D eigenvalue weighted by Gasteiger charge is -2.14. The predicted octanol–water partition coefficient (Wildman–Crippen LogP) is 4.69. The third-order valence-electron chi connectivity index (χ3n) is 3.88. The number of ketones is 1. The lowest BCUT2D eigenvalue weighted by molar-refractivity contribution is -0.149. The maximum absolute atomic E-state index is 12.1. The highest BCUT2D eigenvalue weighted by atomic mass is 35.5. The average molecular weight is 369 g/mol. The molecule has 0 saturated heterocycles. The number of fused-ring (bicyclic) bond motifs is 1. The van der Waals surface area contributed by atoms with Crippen molar-refractivity contribution in [2.75, 3.05) is 6.61 Å². The third kappa shape index (κ3) is 4.41. The van der Waals surface area contributed by atoms with Gasteiger partial charge in [0, 0.05) is 10.6 Å². The number of Topliss-reactive ketones (excluding diaryl/α,β-unsaturated/α-hetero) is 1. The maximum atomic E-state index is 12.1. The molecule has 0 amide bonds. The Morgan fingerprint density at radius 1 is 0.962 bits per heavy atom. The van der Waals surface area contributed by atoms with Crippen molar-refractivity contribution in [3.8, 4) is 5.75 Å². The minimum absolute atomic E-state index is 0.298. The Morgan fingerprint density at radius 2 is 1.65 bits per heavy atom. The Labute approximate surface area is 156 Å². The number of benzene rings is 3. The Hall–Kier alpha value is -2.85. The fourth-order valence-electron chi connectivity index (χ4n) is 2.47. The monoisotopic (exact) mass is 368 g/mol. The van der Waals surface area contributed by atoms with Gasteiger partial charge < -0.3 is 9.47 Å². The zero-order valence-corrected chi connectivity index (χ0v) is 14.9. The number of ether oxygens (including phenoxy) is 2. The summed E-state index contributed by atoms with van der Waals surface area (Å²) >= 11 is 5.79. The van der Waals surface area contributed by atoms with E-state index in [2.05, 4.69) is 0 Å². The van der Waals surface area contributed by atoms with Crippen LogP contribution in [0.4, 0.5) is 0 Å². The molecule has 3 rings (SSSR count). The van der Waals surface area contributed by atoms with Gasteiger partial charge in [0.1, 0.15) is 5.75 Å². The van der Waals surface area contributed by atoms with Crippen LogP contribution in [-0.4, -0.2) is 24.5 Å². The second-order valence-corrected chi connectivity index (χ2v) is 6.24. The zero-order valence-electron chi connectivity index (χ0n) is 14.1. The molecule has 1 atom stereocenters. The summed E-state index contributed by atoms with van der Waals surface area (Å²) in [6.45, 7) is 1.25. The van der Waals surface area contributed by atoms with Crippen LogP contribution in [0.3, 0.4) is 0 Å². The average Bonchev–Trinajstić information content (AvgIpc) is 2.66. The zero-order chi connectivity index (χ0) is 18.5. The molecule has 0 N–H and O–H groups in total. The summed E-state index contributed by atoms with van der Waals surface area (Å²) in [7, 11) is 0. The third-order valence-corrected chi connectivity index (χ3v) is 4.13. The standard InChI is InChI=1S/C21H17ClO4/c1-14(26-19-11-8-15-4-2-3-5-17(15)12-19)21(24)25-13-20(23)16-6-9-18(22)10-7-16/h2-12,14H,13H2,1H3. The molecule has 1 unspecified atom stereocenters. The molecule has 0 heterocycles. The number of carbonyl (C=O) groups excluding carboxylic acids is 2. The molecule has 0 fully saturated rings. The number of carbonyl (C=O) groups is 2. The number of hydrogen-bond donors (Lipinski definition) is 0. The van der Waals surface area contributed by atoms with E-state index < -0.39 is 12.1 Å². The van der Waals surface area contributed by atoms with Crippen LogP contribution < -0.4 is 4.74 Å². The number of esters is 1. The van der Waals surface area contributed by atoms with Crippen LogP contribution in [0.1, 0.15) is 17.3 Å². The van der Waals surface area contributed by atoms with Crippen molar-refractivity contribution in [2.45, 2.75) is 13.0 Å². The highest BCUT2D eigenvalue weighted by Gasteiger charge is 2.18. The Balaban J connectivity index is 1.56. The maximum Gasteiger partial charge on any atom is 0.347 e. The van der Waals surface area contributed by atoms with Crippen molar-refractivity contribution in [1.82, 2.24) is 0 Å². The van der Waals surface area contributed by atoms with Gasteiger partial charge in [-0.05, 0) is 54.1 Å². The van der Waals surface area contributed by atoms with Gasteiger partial charge in [0.15, 0.2) is 18.5 Å². The molecule has 0 radical (unpaired) electrons. The molecule has 0 saturated carbocycles. The van der Waals surface area contributed by atoms with Crippen LogP contribution in [-0.2, 0) is 9.53 Å². The summed E-state index contributed by atoms with van der Waals surface area (Å²) in [6.07, 6.45) is -0.825. The molecule has 0 bridgehead atoms. The summed E-state index contributed by atoms with van der Waals surface area (Å²) < 4.78 is 10.7. The first-order valence-corrected chi connectivity index (χ1v) is 8.51. The highest BCUT2D eigenvalue weighted by Crippen LogP contribution is 2.21. The molecule has 132 valence electrons. The summed E-state index contributed by atoms with van der Waals surface area (Å²) in [6, 6.07) is 19.8. The number of halogens is 1. The summed E-state index contributed by atoms with van der Waals surface area (Å²) in [4.78, 5) is 24.1. The second-order valence-electron chi connectivity index (χ2n) is 5.81. The van der Waals surface area contributed by atoms with E-state index in [1.165, 1.54) is 0 Å². The van der Waals surface area contributed by atoms with Gasteiger partial charge in [0.05, 0.1) is 0 Å². The van der Waals surface area contributed by atoms with Gasteiger partial charge in [0.2, 0.25) is 0 Å². The smallest absolute Gasteiger partial charge is 0.347 e.